The van der Waals surface area contributed by atoms with Crippen LogP contribution in [0.4, 0.5) is 0 Å². The van der Waals surface area contributed by atoms with E-state index in [-0.39, 0.29) is 6.79 Å². The summed E-state index contributed by atoms with van der Waals surface area (Å²) in [6.07, 6.45) is 2.91. The van der Waals surface area contributed by atoms with Gasteiger partial charge >= 0.3 is 0 Å². The standard InChI is InChI=1S/C25H26O4/c1-26-23-20(16-22-24(25(23)27-2)29-17-28-22)14-9-15-21(18-10-5-3-6-11-18)19-12-7-4-8-13-19/h3-8,10-13,16,21H,9,14-15,17H2,1-2H3. The van der Waals surface area contributed by atoms with Gasteiger partial charge in [-0.3, -0.25) is 0 Å². The minimum Gasteiger partial charge on any atom is -0.492 e. The Bertz CT molecular complexity index is 899. The zero-order valence-electron chi connectivity index (χ0n) is 16.9. The highest BCUT2D eigenvalue weighted by molar-refractivity contribution is 5.63. The van der Waals surface area contributed by atoms with Gasteiger partial charge in [0.2, 0.25) is 18.3 Å². The third-order valence-corrected chi connectivity index (χ3v) is 5.40. The summed E-state index contributed by atoms with van der Waals surface area (Å²) in [6, 6.07) is 23.4. The van der Waals surface area contributed by atoms with Gasteiger partial charge in [0.25, 0.3) is 0 Å². The number of benzene rings is 3. The Morgan fingerprint density at radius 2 is 1.45 bits per heavy atom. The molecule has 0 N–H and O–H groups in total. The zero-order chi connectivity index (χ0) is 20.1. The first kappa shape index (κ1) is 19.2. The van der Waals surface area contributed by atoms with Crippen LogP contribution in [0.5, 0.6) is 23.0 Å². The van der Waals surface area contributed by atoms with Crippen LogP contribution in [0.25, 0.3) is 0 Å². The molecule has 3 aromatic carbocycles. The number of hydrogen-bond donors (Lipinski definition) is 0. The minimum atomic E-state index is 0.211. The van der Waals surface area contributed by atoms with Crippen LogP contribution in [0.1, 0.15) is 35.4 Å². The molecule has 0 spiro atoms. The summed E-state index contributed by atoms with van der Waals surface area (Å²) in [5, 5.41) is 0. The molecule has 1 aliphatic rings. The van der Waals surface area contributed by atoms with Crippen molar-refractivity contribution in [2.24, 2.45) is 0 Å². The van der Waals surface area contributed by atoms with Gasteiger partial charge in [0.15, 0.2) is 11.5 Å². The average molecular weight is 390 g/mol. The van der Waals surface area contributed by atoms with Crippen molar-refractivity contribution in [2.45, 2.75) is 25.2 Å². The Morgan fingerprint density at radius 1 is 0.828 bits per heavy atom. The molecule has 1 aliphatic heterocycles. The molecule has 0 unspecified atom stereocenters. The van der Waals surface area contributed by atoms with Gasteiger partial charge in [-0.1, -0.05) is 60.7 Å². The molecule has 0 radical (unpaired) electrons. The molecule has 150 valence electrons. The molecule has 4 rings (SSSR count). The molecule has 1 heterocycles. The molecule has 0 amide bonds. The van der Waals surface area contributed by atoms with Gasteiger partial charge in [0, 0.05) is 11.5 Å². The normalized spacial score (nSPS) is 12.2. The van der Waals surface area contributed by atoms with E-state index >= 15 is 0 Å². The summed E-state index contributed by atoms with van der Waals surface area (Å²) >= 11 is 0. The van der Waals surface area contributed by atoms with Crippen molar-refractivity contribution < 1.29 is 18.9 Å². The molecule has 0 bridgehead atoms. The topological polar surface area (TPSA) is 36.9 Å². The maximum atomic E-state index is 5.66. The van der Waals surface area contributed by atoms with Gasteiger partial charge in [-0.05, 0) is 36.5 Å². The lowest BCUT2D eigenvalue weighted by Crippen LogP contribution is -2.03. The summed E-state index contributed by atoms with van der Waals surface area (Å²) in [4.78, 5) is 0. The summed E-state index contributed by atoms with van der Waals surface area (Å²) in [7, 11) is 3.30. The number of fused-ring (bicyclic) bond motifs is 1. The second-order valence-corrected chi connectivity index (χ2v) is 7.10. The molecule has 0 fully saturated rings. The van der Waals surface area contributed by atoms with E-state index in [2.05, 4.69) is 60.7 Å². The third-order valence-electron chi connectivity index (χ3n) is 5.40. The van der Waals surface area contributed by atoms with Gasteiger partial charge in [-0.2, -0.15) is 0 Å². The maximum absolute atomic E-state index is 5.66. The number of aryl methyl sites for hydroxylation is 1. The average Bonchev–Trinajstić information content (AvgIpc) is 3.25. The molecule has 29 heavy (non-hydrogen) atoms. The fraction of sp³-hybridized carbons (Fsp3) is 0.280. The molecular weight excluding hydrogens is 364 g/mol. The van der Waals surface area contributed by atoms with Crippen molar-refractivity contribution in [3.63, 3.8) is 0 Å². The molecule has 4 nitrogen and oxygen atoms in total. The molecule has 0 saturated heterocycles. The van der Waals surface area contributed by atoms with Gasteiger partial charge < -0.3 is 18.9 Å². The van der Waals surface area contributed by atoms with Crippen molar-refractivity contribution in [1.82, 2.24) is 0 Å². The van der Waals surface area contributed by atoms with E-state index in [1.54, 1.807) is 14.2 Å². The lowest BCUT2D eigenvalue weighted by atomic mass is 9.86. The van der Waals surface area contributed by atoms with E-state index in [1.165, 1.54) is 11.1 Å². The maximum Gasteiger partial charge on any atom is 0.231 e. The first-order chi connectivity index (χ1) is 14.3. The Morgan fingerprint density at radius 3 is 2.03 bits per heavy atom. The van der Waals surface area contributed by atoms with Crippen LogP contribution in [0, 0.1) is 0 Å². The highest BCUT2D eigenvalue weighted by Crippen LogP contribution is 2.49. The SMILES string of the molecule is COc1c(CCCC(c2ccccc2)c2ccccc2)cc2c(c1OC)OCO2. The lowest BCUT2D eigenvalue weighted by Gasteiger charge is -2.19. The smallest absolute Gasteiger partial charge is 0.231 e. The largest absolute Gasteiger partial charge is 0.492 e. The van der Waals surface area contributed by atoms with Gasteiger partial charge in [-0.25, -0.2) is 0 Å². The highest BCUT2D eigenvalue weighted by Gasteiger charge is 2.26. The van der Waals surface area contributed by atoms with Crippen LogP contribution < -0.4 is 18.9 Å². The molecule has 0 aliphatic carbocycles. The van der Waals surface area contributed by atoms with Crippen LogP contribution in [0.2, 0.25) is 0 Å². The molecule has 4 heteroatoms. The van der Waals surface area contributed by atoms with Crippen LogP contribution in [0.3, 0.4) is 0 Å². The van der Waals surface area contributed by atoms with E-state index in [0.29, 0.717) is 17.4 Å². The molecule has 0 saturated carbocycles. The van der Waals surface area contributed by atoms with Crippen molar-refractivity contribution in [2.75, 3.05) is 21.0 Å². The predicted molar refractivity (Wildman–Crippen MR) is 113 cm³/mol. The van der Waals surface area contributed by atoms with E-state index in [0.717, 1.165) is 36.3 Å². The van der Waals surface area contributed by atoms with Crippen molar-refractivity contribution in [3.8, 4) is 23.0 Å². The van der Waals surface area contributed by atoms with Crippen LogP contribution in [-0.2, 0) is 6.42 Å². The van der Waals surface area contributed by atoms with Crippen LogP contribution in [-0.4, -0.2) is 21.0 Å². The molecule has 3 aromatic rings. The number of ether oxygens (including phenoxy) is 4. The highest BCUT2D eigenvalue weighted by atomic mass is 16.7. The third kappa shape index (κ3) is 4.02. The quantitative estimate of drug-likeness (QED) is 0.503. The van der Waals surface area contributed by atoms with Crippen molar-refractivity contribution >= 4 is 0 Å². The number of rotatable bonds is 8. The monoisotopic (exact) mass is 390 g/mol. The fourth-order valence-corrected chi connectivity index (χ4v) is 4.03. The van der Waals surface area contributed by atoms with Gasteiger partial charge in [0.05, 0.1) is 14.2 Å². The number of methoxy groups -OCH3 is 2. The Kier molecular flexibility index (Phi) is 5.89. The lowest BCUT2D eigenvalue weighted by molar-refractivity contribution is 0.170. The van der Waals surface area contributed by atoms with E-state index in [1.807, 2.05) is 6.07 Å². The second kappa shape index (κ2) is 8.91. The summed E-state index contributed by atoms with van der Waals surface area (Å²) in [5.74, 6) is 3.05. The van der Waals surface area contributed by atoms with Crippen LogP contribution in [0.15, 0.2) is 66.7 Å². The van der Waals surface area contributed by atoms with E-state index in [9.17, 15) is 0 Å². The fourth-order valence-electron chi connectivity index (χ4n) is 4.03. The predicted octanol–water partition coefficient (Wildman–Crippen LogP) is 5.59. The second-order valence-electron chi connectivity index (χ2n) is 7.10. The Labute approximate surface area is 172 Å². The van der Waals surface area contributed by atoms with Crippen LogP contribution >= 0.6 is 0 Å². The number of hydrogen-bond acceptors (Lipinski definition) is 4. The van der Waals surface area contributed by atoms with Crippen molar-refractivity contribution in [3.05, 3.63) is 83.4 Å². The molecular formula is C25H26O4. The van der Waals surface area contributed by atoms with E-state index < -0.39 is 0 Å². The molecule has 0 atom stereocenters. The summed E-state index contributed by atoms with van der Waals surface area (Å²) < 4.78 is 22.4. The first-order valence-electron chi connectivity index (χ1n) is 9.95. The van der Waals surface area contributed by atoms with Gasteiger partial charge in [-0.15, -0.1) is 0 Å². The zero-order valence-corrected chi connectivity index (χ0v) is 16.9. The first-order valence-corrected chi connectivity index (χ1v) is 9.95. The minimum absolute atomic E-state index is 0.211. The summed E-state index contributed by atoms with van der Waals surface area (Å²) in [5.41, 5.74) is 3.76. The van der Waals surface area contributed by atoms with Crippen molar-refractivity contribution in [1.29, 1.82) is 0 Å². The molecule has 0 aromatic heterocycles. The Balaban J connectivity index is 1.55. The summed E-state index contributed by atoms with van der Waals surface area (Å²) in [6.45, 7) is 0.211. The van der Waals surface area contributed by atoms with E-state index in [4.69, 9.17) is 18.9 Å². The Hall–Kier alpha value is -3.14. The van der Waals surface area contributed by atoms with Gasteiger partial charge in [0.1, 0.15) is 0 Å².